The average molecular weight is 541 g/mol. The molecule has 1 aliphatic rings. The fraction of sp³-hybridized carbons (Fsp3) is 0.400. The van der Waals surface area contributed by atoms with Crippen LogP contribution in [0.25, 0.3) is 0 Å². The molecule has 1 aliphatic heterocycles. The summed E-state index contributed by atoms with van der Waals surface area (Å²) in [5.74, 6) is 0.584. The molecule has 38 heavy (non-hydrogen) atoms. The van der Waals surface area contributed by atoms with E-state index in [1.165, 1.54) is 24.4 Å². The smallest absolute Gasteiger partial charge is 0.383 e. The quantitative estimate of drug-likeness (QED) is 0.406. The van der Waals surface area contributed by atoms with E-state index in [9.17, 15) is 26.3 Å². The first-order chi connectivity index (χ1) is 18.0. The molecule has 13 heteroatoms. The highest BCUT2D eigenvalue weighted by atomic mass is 19.4. The standard InChI is InChI=1S/C25H26F6N6O/c1-36(14-15-38-2)23-34-20-10-13-37(22-19(25(29,30)31)4-3-11-32-22)12-9-18(20)21(35-23)33-17-7-5-16(6-8-17)24(26,27)28/h3-8,11H,9-10,12-15H2,1-2H3,(H,33,34,35). The van der Waals surface area contributed by atoms with Gasteiger partial charge in [-0.15, -0.1) is 0 Å². The number of pyridine rings is 1. The minimum absolute atomic E-state index is 0.157. The number of fused-ring (bicyclic) bond motifs is 1. The van der Waals surface area contributed by atoms with Crippen molar-refractivity contribution < 1.29 is 31.1 Å². The van der Waals surface area contributed by atoms with Crippen LogP contribution < -0.4 is 15.1 Å². The van der Waals surface area contributed by atoms with Crippen LogP contribution in [0.2, 0.25) is 0 Å². The Balaban J connectivity index is 1.68. The maximum absolute atomic E-state index is 13.6. The lowest BCUT2D eigenvalue weighted by molar-refractivity contribution is -0.138. The van der Waals surface area contributed by atoms with Crippen LogP contribution in [0.5, 0.6) is 0 Å². The van der Waals surface area contributed by atoms with Crippen molar-refractivity contribution in [3.05, 3.63) is 65.0 Å². The number of nitrogens with one attached hydrogen (secondary N) is 1. The highest BCUT2D eigenvalue weighted by Gasteiger charge is 2.36. The molecular formula is C25H26F6N6O. The van der Waals surface area contributed by atoms with Gasteiger partial charge in [0.05, 0.1) is 23.4 Å². The lowest BCUT2D eigenvalue weighted by Crippen LogP contribution is -2.29. The summed E-state index contributed by atoms with van der Waals surface area (Å²) in [6.07, 6.45) is -7.09. The second kappa shape index (κ2) is 11.0. The van der Waals surface area contributed by atoms with Crippen molar-refractivity contribution >= 4 is 23.3 Å². The van der Waals surface area contributed by atoms with Gasteiger partial charge >= 0.3 is 12.4 Å². The predicted molar refractivity (Wildman–Crippen MR) is 131 cm³/mol. The van der Waals surface area contributed by atoms with Crippen molar-refractivity contribution in [1.82, 2.24) is 15.0 Å². The molecule has 0 atom stereocenters. The Kier molecular flexibility index (Phi) is 7.95. The van der Waals surface area contributed by atoms with E-state index in [0.29, 0.717) is 54.7 Å². The summed E-state index contributed by atoms with van der Waals surface area (Å²) < 4.78 is 85.0. The Hall–Kier alpha value is -3.61. The molecule has 0 saturated carbocycles. The third kappa shape index (κ3) is 6.26. The topological polar surface area (TPSA) is 66.4 Å². The third-order valence-corrected chi connectivity index (χ3v) is 6.17. The van der Waals surface area contributed by atoms with Crippen LogP contribution in [0.1, 0.15) is 22.4 Å². The maximum Gasteiger partial charge on any atom is 0.419 e. The van der Waals surface area contributed by atoms with Gasteiger partial charge in [0.25, 0.3) is 0 Å². The van der Waals surface area contributed by atoms with Crippen LogP contribution in [0.15, 0.2) is 42.6 Å². The van der Waals surface area contributed by atoms with Gasteiger partial charge in [-0.3, -0.25) is 0 Å². The fourth-order valence-corrected chi connectivity index (χ4v) is 4.15. The summed E-state index contributed by atoms with van der Waals surface area (Å²) in [6.45, 7) is 1.35. The van der Waals surface area contributed by atoms with Crippen molar-refractivity contribution in [3.8, 4) is 0 Å². The normalized spacial score (nSPS) is 14.2. The molecule has 1 N–H and O–H groups in total. The number of nitrogens with zero attached hydrogens (tertiary/aromatic N) is 5. The Bertz CT molecular complexity index is 1250. The number of likely N-dealkylation sites (N-methyl/N-ethyl adjacent to an activating group) is 1. The van der Waals surface area contributed by atoms with Gasteiger partial charge in [-0.25, -0.2) is 9.97 Å². The Morgan fingerprint density at radius 3 is 2.34 bits per heavy atom. The number of benzene rings is 1. The summed E-state index contributed by atoms with van der Waals surface area (Å²) in [5.41, 5.74) is 0.104. The number of alkyl halides is 6. The number of methoxy groups -OCH3 is 1. The average Bonchev–Trinajstić information content (AvgIpc) is 3.09. The molecule has 204 valence electrons. The van der Waals surface area contributed by atoms with Crippen molar-refractivity contribution in [2.24, 2.45) is 0 Å². The number of hydrogen-bond acceptors (Lipinski definition) is 7. The van der Waals surface area contributed by atoms with E-state index >= 15 is 0 Å². The van der Waals surface area contributed by atoms with Crippen molar-refractivity contribution in [2.45, 2.75) is 25.2 Å². The van der Waals surface area contributed by atoms with Gasteiger partial charge in [0, 0.05) is 57.7 Å². The minimum Gasteiger partial charge on any atom is -0.383 e. The van der Waals surface area contributed by atoms with Gasteiger partial charge in [-0.1, -0.05) is 0 Å². The molecule has 0 radical (unpaired) electrons. The zero-order valence-electron chi connectivity index (χ0n) is 20.7. The van der Waals surface area contributed by atoms with E-state index < -0.39 is 23.5 Å². The molecular weight excluding hydrogens is 514 g/mol. The SMILES string of the molecule is COCCN(C)c1nc2c(c(Nc3ccc(C(F)(F)F)cc3)n1)CCN(c1ncccc1C(F)(F)F)CC2. The second-order valence-corrected chi connectivity index (χ2v) is 8.77. The largest absolute Gasteiger partial charge is 0.419 e. The Labute approximate surface area is 215 Å². The van der Waals surface area contributed by atoms with Gasteiger partial charge in [-0.2, -0.15) is 31.3 Å². The molecule has 3 heterocycles. The van der Waals surface area contributed by atoms with Gasteiger partial charge in [-0.05, 0) is 42.8 Å². The monoisotopic (exact) mass is 540 g/mol. The molecule has 4 rings (SSSR count). The van der Waals surface area contributed by atoms with Crippen LogP contribution in [-0.2, 0) is 29.9 Å². The molecule has 0 aliphatic carbocycles. The molecule has 0 saturated heterocycles. The molecule has 0 fully saturated rings. The highest BCUT2D eigenvalue weighted by Crippen LogP contribution is 2.37. The van der Waals surface area contributed by atoms with Crippen LogP contribution in [-0.4, -0.2) is 55.4 Å². The molecule has 0 amide bonds. The number of halogens is 6. The summed E-state index contributed by atoms with van der Waals surface area (Å²) in [5, 5.41) is 3.09. The van der Waals surface area contributed by atoms with E-state index in [4.69, 9.17) is 4.74 Å². The van der Waals surface area contributed by atoms with Crippen LogP contribution in [0.4, 0.5) is 49.6 Å². The summed E-state index contributed by atoms with van der Waals surface area (Å²) >= 11 is 0. The van der Waals surface area contributed by atoms with Gasteiger partial charge in [0.2, 0.25) is 5.95 Å². The summed E-state index contributed by atoms with van der Waals surface area (Å²) in [6, 6.07) is 6.79. The van der Waals surface area contributed by atoms with Gasteiger partial charge < -0.3 is 19.9 Å². The number of ether oxygens (including phenoxy) is 1. The molecule has 0 bridgehead atoms. The zero-order chi connectivity index (χ0) is 27.5. The predicted octanol–water partition coefficient (Wildman–Crippen LogP) is 5.34. The van der Waals surface area contributed by atoms with E-state index in [1.54, 1.807) is 24.0 Å². The molecule has 7 nitrogen and oxygen atoms in total. The van der Waals surface area contributed by atoms with E-state index in [1.807, 2.05) is 0 Å². The molecule has 0 spiro atoms. The summed E-state index contributed by atoms with van der Waals surface area (Å²) in [4.78, 5) is 16.6. The molecule has 3 aromatic rings. The van der Waals surface area contributed by atoms with Crippen molar-refractivity contribution in [3.63, 3.8) is 0 Å². The Morgan fingerprint density at radius 1 is 0.974 bits per heavy atom. The Morgan fingerprint density at radius 2 is 1.68 bits per heavy atom. The lowest BCUT2D eigenvalue weighted by atomic mass is 10.1. The maximum atomic E-state index is 13.6. The van der Waals surface area contributed by atoms with Crippen LogP contribution >= 0.6 is 0 Å². The summed E-state index contributed by atoms with van der Waals surface area (Å²) in [7, 11) is 3.33. The first-order valence-electron chi connectivity index (χ1n) is 11.8. The minimum atomic E-state index is -4.56. The fourth-order valence-electron chi connectivity index (χ4n) is 4.15. The van der Waals surface area contributed by atoms with Crippen molar-refractivity contribution in [2.75, 3.05) is 55.5 Å². The lowest BCUT2D eigenvalue weighted by Gasteiger charge is -2.24. The van der Waals surface area contributed by atoms with E-state index in [2.05, 4.69) is 20.3 Å². The van der Waals surface area contributed by atoms with Crippen LogP contribution in [0.3, 0.4) is 0 Å². The number of rotatable bonds is 7. The highest BCUT2D eigenvalue weighted by molar-refractivity contribution is 5.63. The first-order valence-corrected chi connectivity index (χ1v) is 11.8. The molecule has 2 aromatic heterocycles. The van der Waals surface area contributed by atoms with Gasteiger partial charge in [0.1, 0.15) is 11.6 Å². The third-order valence-electron chi connectivity index (χ3n) is 6.17. The van der Waals surface area contributed by atoms with Gasteiger partial charge in [0.15, 0.2) is 0 Å². The van der Waals surface area contributed by atoms with E-state index in [0.717, 1.165) is 18.2 Å². The van der Waals surface area contributed by atoms with Crippen LogP contribution in [0, 0.1) is 0 Å². The number of aromatic nitrogens is 3. The number of anilines is 4. The molecule has 0 unspecified atom stereocenters. The zero-order valence-corrected chi connectivity index (χ0v) is 20.7. The first kappa shape index (κ1) is 27.4. The second-order valence-electron chi connectivity index (χ2n) is 8.77. The molecule has 1 aromatic carbocycles. The van der Waals surface area contributed by atoms with E-state index in [-0.39, 0.29) is 18.9 Å². The number of hydrogen-bond donors (Lipinski definition) is 1. The van der Waals surface area contributed by atoms with Crippen molar-refractivity contribution in [1.29, 1.82) is 0 Å².